The number of ether oxygens (including phenoxy) is 3. The number of methoxy groups -OCH3 is 2. The van der Waals surface area contributed by atoms with Gasteiger partial charge in [-0.05, 0) is 38.5 Å². The smallest absolute Gasteiger partial charge is 0.408 e. The maximum Gasteiger partial charge on any atom is 0.408 e. The minimum Gasteiger partial charge on any atom is -0.497 e. The van der Waals surface area contributed by atoms with E-state index in [1.54, 1.807) is 43.9 Å². The lowest BCUT2D eigenvalue weighted by Gasteiger charge is -2.27. The van der Waals surface area contributed by atoms with Gasteiger partial charge in [-0.25, -0.2) is 13.2 Å². The number of amides is 2. The molecule has 1 N–H and O–H groups in total. The summed E-state index contributed by atoms with van der Waals surface area (Å²) < 4.78 is 41.4. The molecule has 0 saturated carbocycles. The number of fused-ring (bicyclic) bond motifs is 1. The largest absolute Gasteiger partial charge is 0.497 e. The van der Waals surface area contributed by atoms with E-state index in [4.69, 9.17) is 14.2 Å². The van der Waals surface area contributed by atoms with Gasteiger partial charge in [-0.2, -0.15) is 4.99 Å². The third-order valence-corrected chi connectivity index (χ3v) is 9.40. The number of benzene rings is 2. The van der Waals surface area contributed by atoms with E-state index in [-0.39, 0.29) is 23.2 Å². The fraction of sp³-hybridized carbons (Fsp3) is 0.444. The van der Waals surface area contributed by atoms with Crippen molar-refractivity contribution < 1.29 is 32.2 Å². The van der Waals surface area contributed by atoms with Crippen LogP contribution >= 0.6 is 11.8 Å². The molecule has 2 aromatic carbocycles. The number of rotatable bonds is 7. The van der Waals surface area contributed by atoms with Gasteiger partial charge in [0.25, 0.3) is 5.91 Å². The molecule has 210 valence electrons. The Morgan fingerprint density at radius 1 is 1.10 bits per heavy atom. The molecule has 12 heteroatoms. The lowest BCUT2D eigenvalue weighted by Crippen LogP contribution is -2.45. The number of carbonyl (C=O) groups excluding carboxylic acids is 2. The maximum absolute atomic E-state index is 13.6. The molecular formula is C27H33N3O7S2. The van der Waals surface area contributed by atoms with Crippen molar-refractivity contribution in [3.05, 3.63) is 54.1 Å². The van der Waals surface area contributed by atoms with Gasteiger partial charge in [0.15, 0.2) is 15.0 Å². The van der Waals surface area contributed by atoms with Gasteiger partial charge in [0.1, 0.15) is 23.1 Å². The van der Waals surface area contributed by atoms with Crippen molar-refractivity contribution in [1.82, 2.24) is 5.32 Å². The van der Waals surface area contributed by atoms with Crippen molar-refractivity contribution in [1.29, 1.82) is 0 Å². The van der Waals surface area contributed by atoms with Gasteiger partial charge in [-0.3, -0.25) is 4.79 Å². The van der Waals surface area contributed by atoms with E-state index >= 15 is 0 Å². The predicted molar refractivity (Wildman–Crippen MR) is 152 cm³/mol. The van der Waals surface area contributed by atoms with Crippen LogP contribution in [-0.2, 0) is 25.8 Å². The van der Waals surface area contributed by atoms with Crippen LogP contribution in [-0.4, -0.2) is 74.2 Å². The lowest BCUT2D eigenvalue weighted by molar-refractivity contribution is -0.119. The van der Waals surface area contributed by atoms with Crippen LogP contribution in [0.1, 0.15) is 26.3 Å². The Morgan fingerprint density at radius 2 is 1.82 bits per heavy atom. The van der Waals surface area contributed by atoms with Gasteiger partial charge in [0.2, 0.25) is 0 Å². The molecule has 2 aliphatic rings. The molecule has 0 bridgehead atoms. The molecule has 2 aliphatic heterocycles. The molecule has 0 spiro atoms. The Balaban J connectivity index is 1.71. The first-order valence-electron chi connectivity index (χ1n) is 12.4. The molecule has 10 nitrogen and oxygen atoms in total. The first-order chi connectivity index (χ1) is 18.4. The molecule has 4 rings (SSSR count). The molecule has 2 fully saturated rings. The summed E-state index contributed by atoms with van der Waals surface area (Å²) in [5.41, 5.74) is 0.626. The van der Waals surface area contributed by atoms with Crippen molar-refractivity contribution in [2.45, 2.75) is 50.1 Å². The van der Waals surface area contributed by atoms with E-state index in [1.807, 2.05) is 30.3 Å². The Morgan fingerprint density at radius 3 is 2.46 bits per heavy atom. The Hall–Kier alpha value is -3.25. The summed E-state index contributed by atoms with van der Waals surface area (Å²) in [6, 6.07) is 13.0. The van der Waals surface area contributed by atoms with Crippen LogP contribution in [0, 0.1) is 0 Å². The number of amidine groups is 1. The van der Waals surface area contributed by atoms with Crippen molar-refractivity contribution in [3.8, 4) is 11.5 Å². The van der Waals surface area contributed by atoms with E-state index in [0.717, 1.165) is 5.56 Å². The third-order valence-electron chi connectivity index (χ3n) is 6.19. The zero-order chi connectivity index (χ0) is 28.4. The maximum atomic E-state index is 13.6. The van der Waals surface area contributed by atoms with Crippen LogP contribution in [0.3, 0.4) is 0 Å². The molecule has 2 aromatic rings. The van der Waals surface area contributed by atoms with Gasteiger partial charge in [-0.1, -0.05) is 42.1 Å². The molecule has 3 atom stereocenters. The van der Waals surface area contributed by atoms with Gasteiger partial charge in [-0.15, -0.1) is 0 Å². The fourth-order valence-corrected chi connectivity index (χ4v) is 8.42. The monoisotopic (exact) mass is 575 g/mol. The van der Waals surface area contributed by atoms with Crippen LogP contribution in [0.4, 0.5) is 10.5 Å². The topological polar surface area (TPSA) is 124 Å². The van der Waals surface area contributed by atoms with Gasteiger partial charge in [0, 0.05) is 17.7 Å². The zero-order valence-corrected chi connectivity index (χ0v) is 24.2. The number of sulfone groups is 1. The highest BCUT2D eigenvalue weighted by atomic mass is 32.2. The second-order valence-corrected chi connectivity index (χ2v) is 13.7. The number of anilines is 1. The summed E-state index contributed by atoms with van der Waals surface area (Å²) in [5, 5.41) is 2.69. The van der Waals surface area contributed by atoms with Crippen LogP contribution in [0.15, 0.2) is 53.5 Å². The fourth-order valence-electron chi connectivity index (χ4n) is 4.50. The van der Waals surface area contributed by atoms with E-state index in [2.05, 4.69) is 10.3 Å². The first-order valence-corrected chi connectivity index (χ1v) is 15.1. The summed E-state index contributed by atoms with van der Waals surface area (Å²) in [5.74, 6) is 0.333. The second-order valence-electron chi connectivity index (χ2n) is 10.3. The van der Waals surface area contributed by atoms with Crippen LogP contribution in [0.2, 0.25) is 0 Å². The second kappa shape index (κ2) is 11.5. The standard InChI is InChI=1S/C27H33N3O7S2/c1-27(2,3)37-26(32)28-19(13-17-9-7-6-8-10-17)24(31)29-25-30(21-15-39(33,34)16-23(21)38-25)20-14-18(35-4)11-12-22(20)36-5/h6-12,14,19,21,23H,13,15-16H2,1-5H3,(H,28,32). The highest BCUT2D eigenvalue weighted by molar-refractivity contribution is 8.16. The lowest BCUT2D eigenvalue weighted by atomic mass is 10.1. The molecule has 2 amide bonds. The van der Waals surface area contributed by atoms with E-state index in [9.17, 15) is 18.0 Å². The van der Waals surface area contributed by atoms with Crippen molar-refractivity contribution in [3.63, 3.8) is 0 Å². The number of thioether (sulfide) groups is 1. The van der Waals surface area contributed by atoms with Crippen LogP contribution in [0.25, 0.3) is 0 Å². The quantitative estimate of drug-likeness (QED) is 0.529. The number of alkyl carbamates (subject to hydrolysis) is 1. The van der Waals surface area contributed by atoms with Gasteiger partial charge < -0.3 is 24.4 Å². The summed E-state index contributed by atoms with van der Waals surface area (Å²) in [6.45, 7) is 5.21. The molecule has 39 heavy (non-hydrogen) atoms. The van der Waals surface area contributed by atoms with E-state index < -0.39 is 39.5 Å². The molecule has 2 heterocycles. The van der Waals surface area contributed by atoms with Crippen molar-refractivity contribution in [2.24, 2.45) is 4.99 Å². The van der Waals surface area contributed by atoms with Crippen molar-refractivity contribution >= 4 is 44.5 Å². The minimum atomic E-state index is -3.27. The normalized spacial score (nSPS) is 21.8. The summed E-state index contributed by atoms with van der Waals surface area (Å²) in [4.78, 5) is 32.4. The molecular weight excluding hydrogens is 542 g/mol. The SMILES string of the molecule is COc1ccc(OC)c(N2C(=NC(=O)C(Cc3ccccc3)NC(=O)OC(C)(C)C)SC3CS(=O)(=O)CC32)c1. The molecule has 2 saturated heterocycles. The number of hydrogen-bond acceptors (Lipinski definition) is 8. The number of aliphatic imine (C=N–C) groups is 1. The summed E-state index contributed by atoms with van der Waals surface area (Å²) >= 11 is 1.24. The Labute approximate surface area is 233 Å². The Bertz CT molecular complexity index is 1360. The van der Waals surface area contributed by atoms with E-state index in [1.165, 1.54) is 26.0 Å². The number of carbonyl (C=O) groups is 2. The van der Waals surface area contributed by atoms with Crippen LogP contribution in [0.5, 0.6) is 11.5 Å². The first kappa shape index (κ1) is 28.8. The van der Waals surface area contributed by atoms with Crippen molar-refractivity contribution in [2.75, 3.05) is 30.6 Å². The van der Waals surface area contributed by atoms with Crippen LogP contribution < -0.4 is 19.7 Å². The number of hydrogen-bond donors (Lipinski definition) is 1. The summed E-state index contributed by atoms with van der Waals surface area (Å²) in [7, 11) is -0.228. The summed E-state index contributed by atoms with van der Waals surface area (Å²) in [6.07, 6.45) is -0.533. The third kappa shape index (κ3) is 7.04. The molecule has 0 radical (unpaired) electrons. The zero-order valence-electron chi connectivity index (χ0n) is 22.5. The Kier molecular flexibility index (Phi) is 8.45. The average molecular weight is 576 g/mol. The number of nitrogens with zero attached hydrogens (tertiary/aromatic N) is 2. The minimum absolute atomic E-state index is 0.0259. The van der Waals surface area contributed by atoms with Gasteiger partial charge in [0.05, 0.1) is 37.5 Å². The average Bonchev–Trinajstić information content (AvgIpc) is 3.33. The predicted octanol–water partition coefficient (Wildman–Crippen LogP) is 3.44. The highest BCUT2D eigenvalue weighted by Gasteiger charge is 2.50. The number of nitrogens with one attached hydrogen (secondary N) is 1. The molecule has 0 aromatic heterocycles. The molecule has 3 unspecified atom stereocenters. The molecule has 0 aliphatic carbocycles. The van der Waals surface area contributed by atoms with Gasteiger partial charge >= 0.3 is 6.09 Å². The van der Waals surface area contributed by atoms with E-state index in [0.29, 0.717) is 22.4 Å². The highest BCUT2D eigenvalue weighted by Crippen LogP contribution is 2.45.